The van der Waals surface area contributed by atoms with Crippen LogP contribution < -0.4 is 0 Å². The van der Waals surface area contributed by atoms with Crippen molar-refractivity contribution in [3.63, 3.8) is 0 Å². The van der Waals surface area contributed by atoms with E-state index in [2.05, 4.69) is 11.6 Å². The Kier molecular flexibility index (Phi) is 2.33. The van der Waals surface area contributed by atoms with Gasteiger partial charge >= 0.3 is 0 Å². The minimum Gasteiger partial charge on any atom is -0.390 e. The number of rotatable bonds is 2. The predicted molar refractivity (Wildman–Crippen MR) is 40.2 cm³/mol. The Morgan fingerprint density at radius 3 is 3.00 bits per heavy atom. The molecule has 0 unspecified atom stereocenters. The van der Waals surface area contributed by atoms with Crippen molar-refractivity contribution in [2.45, 2.75) is 6.61 Å². The van der Waals surface area contributed by atoms with E-state index in [0.717, 1.165) is 6.20 Å². The standard InChI is InChI=1S/C8H8FNO/c1-2-6-3-7(9)4-10-8(6)5-11/h2-4,11H,1,5H2. The van der Waals surface area contributed by atoms with E-state index in [1.165, 1.54) is 12.1 Å². The van der Waals surface area contributed by atoms with Crippen LogP contribution in [0.1, 0.15) is 11.3 Å². The molecule has 0 aromatic carbocycles. The summed E-state index contributed by atoms with van der Waals surface area (Å²) >= 11 is 0. The zero-order chi connectivity index (χ0) is 8.27. The first-order valence-corrected chi connectivity index (χ1v) is 3.15. The van der Waals surface area contributed by atoms with Gasteiger partial charge < -0.3 is 5.11 Å². The Balaban J connectivity index is 3.16. The zero-order valence-corrected chi connectivity index (χ0v) is 5.92. The fraction of sp³-hybridized carbons (Fsp3) is 0.125. The van der Waals surface area contributed by atoms with E-state index < -0.39 is 5.82 Å². The molecule has 58 valence electrons. The molecule has 1 aromatic rings. The molecule has 0 saturated heterocycles. The first-order chi connectivity index (χ1) is 5.27. The highest BCUT2D eigenvalue weighted by Gasteiger charge is 1.99. The van der Waals surface area contributed by atoms with Gasteiger partial charge in [-0.3, -0.25) is 4.98 Å². The first-order valence-electron chi connectivity index (χ1n) is 3.15. The number of nitrogens with zero attached hydrogens (tertiary/aromatic N) is 1. The minimum atomic E-state index is -0.419. The second-order valence-corrected chi connectivity index (χ2v) is 2.05. The summed E-state index contributed by atoms with van der Waals surface area (Å²) in [5.74, 6) is -0.419. The Hall–Kier alpha value is -1.22. The normalized spacial score (nSPS) is 9.64. The van der Waals surface area contributed by atoms with Gasteiger partial charge in [-0.1, -0.05) is 12.7 Å². The molecule has 0 amide bonds. The maximum absolute atomic E-state index is 12.5. The first kappa shape index (κ1) is 7.88. The van der Waals surface area contributed by atoms with Crippen molar-refractivity contribution in [3.05, 3.63) is 35.9 Å². The zero-order valence-electron chi connectivity index (χ0n) is 5.92. The van der Waals surface area contributed by atoms with E-state index in [1.807, 2.05) is 0 Å². The number of aliphatic hydroxyl groups is 1. The van der Waals surface area contributed by atoms with Gasteiger partial charge in [-0.15, -0.1) is 0 Å². The van der Waals surface area contributed by atoms with E-state index in [1.54, 1.807) is 0 Å². The molecule has 11 heavy (non-hydrogen) atoms. The van der Waals surface area contributed by atoms with Gasteiger partial charge in [0.1, 0.15) is 5.82 Å². The van der Waals surface area contributed by atoms with Crippen LogP contribution in [0, 0.1) is 5.82 Å². The van der Waals surface area contributed by atoms with Crippen molar-refractivity contribution in [2.24, 2.45) is 0 Å². The molecule has 0 radical (unpaired) electrons. The monoisotopic (exact) mass is 153 g/mol. The van der Waals surface area contributed by atoms with Crippen molar-refractivity contribution in [1.82, 2.24) is 4.98 Å². The molecule has 2 nitrogen and oxygen atoms in total. The van der Waals surface area contributed by atoms with Crippen LogP contribution >= 0.6 is 0 Å². The van der Waals surface area contributed by atoms with Crippen LogP contribution in [0.3, 0.4) is 0 Å². The van der Waals surface area contributed by atoms with Gasteiger partial charge in [0.2, 0.25) is 0 Å². The highest BCUT2D eigenvalue weighted by atomic mass is 19.1. The number of aliphatic hydroxyl groups excluding tert-OH is 1. The van der Waals surface area contributed by atoms with Crippen molar-refractivity contribution in [1.29, 1.82) is 0 Å². The van der Waals surface area contributed by atoms with E-state index in [4.69, 9.17) is 5.11 Å². The lowest BCUT2D eigenvalue weighted by Crippen LogP contribution is -1.93. The average molecular weight is 153 g/mol. The van der Waals surface area contributed by atoms with E-state index in [-0.39, 0.29) is 6.61 Å². The SMILES string of the molecule is C=Cc1cc(F)cnc1CO. The molecular formula is C8H8FNO. The highest BCUT2D eigenvalue weighted by Crippen LogP contribution is 2.08. The molecule has 0 bridgehead atoms. The van der Waals surface area contributed by atoms with Crippen molar-refractivity contribution in [3.8, 4) is 0 Å². The van der Waals surface area contributed by atoms with Crippen molar-refractivity contribution >= 4 is 6.08 Å². The third-order valence-electron chi connectivity index (χ3n) is 1.34. The fourth-order valence-corrected chi connectivity index (χ4v) is 0.792. The van der Waals surface area contributed by atoms with Crippen LogP contribution in [0.15, 0.2) is 18.8 Å². The fourth-order valence-electron chi connectivity index (χ4n) is 0.792. The number of pyridine rings is 1. The van der Waals surface area contributed by atoms with Crippen molar-refractivity contribution in [2.75, 3.05) is 0 Å². The van der Waals surface area contributed by atoms with Crippen LogP contribution in [0.4, 0.5) is 4.39 Å². The minimum absolute atomic E-state index is 0.193. The van der Waals surface area contributed by atoms with Gasteiger partial charge in [-0.2, -0.15) is 0 Å². The van der Waals surface area contributed by atoms with Crippen LogP contribution in [-0.2, 0) is 6.61 Å². The summed E-state index contributed by atoms with van der Waals surface area (Å²) in [6, 6.07) is 1.28. The highest BCUT2D eigenvalue weighted by molar-refractivity contribution is 5.49. The van der Waals surface area contributed by atoms with E-state index >= 15 is 0 Å². The largest absolute Gasteiger partial charge is 0.390 e. The van der Waals surface area contributed by atoms with Crippen LogP contribution in [0.2, 0.25) is 0 Å². The summed E-state index contributed by atoms with van der Waals surface area (Å²) in [6.07, 6.45) is 2.53. The third-order valence-corrected chi connectivity index (χ3v) is 1.34. The predicted octanol–water partition coefficient (Wildman–Crippen LogP) is 1.36. The molecule has 0 spiro atoms. The number of halogens is 1. The van der Waals surface area contributed by atoms with Crippen LogP contribution in [-0.4, -0.2) is 10.1 Å². The molecule has 0 aliphatic carbocycles. The van der Waals surface area contributed by atoms with E-state index in [0.29, 0.717) is 11.3 Å². The van der Waals surface area contributed by atoms with Gasteiger partial charge in [-0.25, -0.2) is 4.39 Å². The van der Waals surface area contributed by atoms with Gasteiger partial charge in [0.25, 0.3) is 0 Å². The van der Waals surface area contributed by atoms with Crippen LogP contribution in [0.5, 0.6) is 0 Å². The van der Waals surface area contributed by atoms with Gasteiger partial charge in [-0.05, 0) is 6.07 Å². The summed E-state index contributed by atoms with van der Waals surface area (Å²) in [5, 5.41) is 8.71. The van der Waals surface area contributed by atoms with E-state index in [9.17, 15) is 4.39 Å². The maximum Gasteiger partial charge on any atom is 0.142 e. The van der Waals surface area contributed by atoms with Gasteiger partial charge in [0.05, 0.1) is 18.5 Å². The number of hydrogen-bond acceptors (Lipinski definition) is 2. The molecule has 0 saturated carbocycles. The lowest BCUT2D eigenvalue weighted by Gasteiger charge is -1.99. The summed E-state index contributed by atoms with van der Waals surface area (Å²) in [7, 11) is 0. The molecule has 3 heteroatoms. The quantitative estimate of drug-likeness (QED) is 0.695. The molecule has 0 aliphatic heterocycles. The maximum atomic E-state index is 12.5. The summed E-state index contributed by atoms with van der Waals surface area (Å²) in [5.41, 5.74) is 0.980. The summed E-state index contributed by atoms with van der Waals surface area (Å²) in [6.45, 7) is 3.27. The van der Waals surface area contributed by atoms with Crippen LogP contribution in [0.25, 0.3) is 6.08 Å². The Morgan fingerprint density at radius 2 is 2.45 bits per heavy atom. The average Bonchev–Trinajstić information content (AvgIpc) is 2.04. The molecule has 0 aliphatic rings. The van der Waals surface area contributed by atoms with Gasteiger partial charge in [0, 0.05) is 5.56 Å². The third kappa shape index (κ3) is 1.62. The molecule has 1 aromatic heterocycles. The lowest BCUT2D eigenvalue weighted by atomic mass is 10.2. The number of aromatic nitrogens is 1. The Bertz CT molecular complexity index is 273. The molecular weight excluding hydrogens is 145 g/mol. The molecule has 1 N–H and O–H groups in total. The van der Waals surface area contributed by atoms with Crippen molar-refractivity contribution < 1.29 is 9.50 Å². The Morgan fingerprint density at radius 1 is 1.73 bits per heavy atom. The number of hydrogen-bond donors (Lipinski definition) is 1. The topological polar surface area (TPSA) is 33.1 Å². The summed E-state index contributed by atoms with van der Waals surface area (Å²) < 4.78 is 12.5. The second-order valence-electron chi connectivity index (χ2n) is 2.05. The Labute approximate surface area is 64.0 Å². The lowest BCUT2D eigenvalue weighted by molar-refractivity contribution is 0.276. The molecule has 0 atom stereocenters. The molecule has 0 fully saturated rings. The molecule has 1 rings (SSSR count). The molecule has 1 heterocycles. The smallest absolute Gasteiger partial charge is 0.142 e. The van der Waals surface area contributed by atoms with Gasteiger partial charge in [0.15, 0.2) is 0 Å². The second kappa shape index (κ2) is 3.25. The summed E-state index contributed by atoms with van der Waals surface area (Å²) in [4.78, 5) is 3.67.